The molecule has 0 bridgehead atoms. The summed E-state index contributed by atoms with van der Waals surface area (Å²) in [5, 5.41) is 12.8. The molecule has 2 N–H and O–H groups in total. The number of carboxylic acids is 1. The maximum Gasteiger partial charge on any atom is 0.306 e. The van der Waals surface area contributed by atoms with Crippen LogP contribution in [0, 0.1) is 5.92 Å². The van der Waals surface area contributed by atoms with Gasteiger partial charge in [0.05, 0.1) is 11.4 Å². The van der Waals surface area contributed by atoms with Crippen LogP contribution in [-0.2, 0) is 4.79 Å². The zero-order chi connectivity index (χ0) is 14.8. The Labute approximate surface area is 122 Å². The number of amides is 1. The third-order valence-electron chi connectivity index (χ3n) is 3.98. The van der Waals surface area contributed by atoms with Crippen molar-refractivity contribution in [3.05, 3.63) is 42.1 Å². The number of hydrogen-bond donors (Lipinski definition) is 2. The fourth-order valence-electron chi connectivity index (χ4n) is 2.82. The second-order valence-corrected chi connectivity index (χ2v) is 5.43. The Bertz CT molecular complexity index is 699. The summed E-state index contributed by atoms with van der Waals surface area (Å²) in [6.07, 6.45) is 3.57. The van der Waals surface area contributed by atoms with E-state index < -0.39 is 5.97 Å². The van der Waals surface area contributed by atoms with Crippen molar-refractivity contribution in [1.82, 2.24) is 10.3 Å². The zero-order valence-electron chi connectivity index (χ0n) is 11.5. The minimum absolute atomic E-state index is 0.0526. The van der Waals surface area contributed by atoms with Crippen LogP contribution in [-0.4, -0.2) is 28.0 Å². The molecule has 2 unspecified atom stereocenters. The fraction of sp³-hybridized carbons (Fsp3) is 0.312. The van der Waals surface area contributed by atoms with Crippen molar-refractivity contribution in [2.24, 2.45) is 5.92 Å². The van der Waals surface area contributed by atoms with Crippen LogP contribution in [0.25, 0.3) is 10.9 Å². The van der Waals surface area contributed by atoms with Crippen LogP contribution < -0.4 is 5.32 Å². The normalized spacial score (nSPS) is 21.3. The number of carbonyl (C=O) groups excluding carboxylic acids is 1. The van der Waals surface area contributed by atoms with Gasteiger partial charge in [0.15, 0.2) is 0 Å². The molecule has 1 fully saturated rings. The number of benzene rings is 1. The molecule has 2 aromatic rings. The van der Waals surface area contributed by atoms with Crippen LogP contribution in [0.4, 0.5) is 0 Å². The van der Waals surface area contributed by atoms with Gasteiger partial charge in [0.25, 0.3) is 5.91 Å². The van der Waals surface area contributed by atoms with E-state index in [0.717, 1.165) is 17.3 Å². The number of pyridine rings is 1. The first-order valence-electron chi connectivity index (χ1n) is 7.02. The van der Waals surface area contributed by atoms with E-state index in [1.54, 1.807) is 18.3 Å². The Balaban J connectivity index is 1.71. The monoisotopic (exact) mass is 284 g/mol. The van der Waals surface area contributed by atoms with E-state index >= 15 is 0 Å². The van der Waals surface area contributed by atoms with Crippen molar-refractivity contribution in [2.75, 3.05) is 0 Å². The minimum Gasteiger partial charge on any atom is -0.481 e. The lowest BCUT2D eigenvalue weighted by Crippen LogP contribution is -2.33. The summed E-state index contributed by atoms with van der Waals surface area (Å²) in [4.78, 5) is 27.4. The fourth-order valence-corrected chi connectivity index (χ4v) is 2.82. The Morgan fingerprint density at radius 1 is 1.24 bits per heavy atom. The molecule has 1 heterocycles. The van der Waals surface area contributed by atoms with Crippen molar-refractivity contribution in [2.45, 2.75) is 25.3 Å². The molecule has 5 nitrogen and oxygen atoms in total. The highest BCUT2D eigenvalue weighted by Gasteiger charge is 2.30. The Morgan fingerprint density at radius 3 is 2.86 bits per heavy atom. The summed E-state index contributed by atoms with van der Waals surface area (Å²) < 4.78 is 0. The van der Waals surface area contributed by atoms with Gasteiger partial charge < -0.3 is 10.4 Å². The number of fused-ring (bicyclic) bond motifs is 1. The Hall–Kier alpha value is -2.43. The second-order valence-electron chi connectivity index (χ2n) is 5.43. The van der Waals surface area contributed by atoms with Crippen molar-refractivity contribution >= 4 is 22.8 Å². The topological polar surface area (TPSA) is 79.3 Å². The van der Waals surface area contributed by atoms with Crippen molar-refractivity contribution in [1.29, 1.82) is 0 Å². The van der Waals surface area contributed by atoms with Gasteiger partial charge in [-0.25, -0.2) is 0 Å². The minimum atomic E-state index is -0.775. The Kier molecular flexibility index (Phi) is 3.56. The van der Waals surface area contributed by atoms with E-state index in [0.29, 0.717) is 18.4 Å². The van der Waals surface area contributed by atoms with Crippen molar-refractivity contribution in [3.8, 4) is 0 Å². The average molecular weight is 284 g/mol. The number of nitrogens with one attached hydrogen (secondary N) is 1. The lowest BCUT2D eigenvalue weighted by atomic mass is 10.1. The standard InChI is InChI=1S/C16H16N2O3/c19-15(18-13-5-3-12(9-13)16(20)21)11-4-6-14-10(8-11)2-1-7-17-14/h1-2,4,6-8,12-13H,3,5,9H2,(H,18,19)(H,20,21). The molecule has 1 amide bonds. The summed E-state index contributed by atoms with van der Waals surface area (Å²) >= 11 is 0. The summed E-state index contributed by atoms with van der Waals surface area (Å²) in [5.74, 6) is -1.27. The largest absolute Gasteiger partial charge is 0.481 e. The SMILES string of the molecule is O=C(NC1CCC(C(=O)O)C1)c1ccc2ncccc2c1. The molecule has 1 aliphatic carbocycles. The van der Waals surface area contributed by atoms with Crippen LogP contribution in [0.1, 0.15) is 29.6 Å². The Morgan fingerprint density at radius 2 is 2.10 bits per heavy atom. The summed E-state index contributed by atoms with van der Waals surface area (Å²) in [7, 11) is 0. The highest BCUT2D eigenvalue weighted by molar-refractivity contribution is 5.98. The molecule has 1 aromatic heterocycles. The summed E-state index contributed by atoms with van der Waals surface area (Å²) in [6.45, 7) is 0. The lowest BCUT2D eigenvalue weighted by molar-refractivity contribution is -0.141. The molecular formula is C16H16N2O3. The van der Waals surface area contributed by atoms with Gasteiger partial charge in [0.2, 0.25) is 0 Å². The molecular weight excluding hydrogens is 268 g/mol. The van der Waals surface area contributed by atoms with Gasteiger partial charge in [-0.3, -0.25) is 14.6 Å². The van der Waals surface area contributed by atoms with E-state index in [9.17, 15) is 9.59 Å². The molecule has 108 valence electrons. The summed E-state index contributed by atoms with van der Waals surface area (Å²) in [5.41, 5.74) is 1.43. The molecule has 0 spiro atoms. The van der Waals surface area contributed by atoms with Gasteiger partial charge in [0.1, 0.15) is 0 Å². The van der Waals surface area contributed by atoms with E-state index in [1.165, 1.54) is 0 Å². The van der Waals surface area contributed by atoms with E-state index in [2.05, 4.69) is 10.3 Å². The molecule has 1 saturated carbocycles. The average Bonchev–Trinajstić information content (AvgIpc) is 2.95. The second kappa shape index (κ2) is 5.52. The third kappa shape index (κ3) is 2.86. The van der Waals surface area contributed by atoms with E-state index in [-0.39, 0.29) is 17.9 Å². The van der Waals surface area contributed by atoms with Gasteiger partial charge in [0, 0.05) is 23.2 Å². The number of hydrogen-bond acceptors (Lipinski definition) is 3. The zero-order valence-corrected chi connectivity index (χ0v) is 11.5. The van der Waals surface area contributed by atoms with Gasteiger partial charge in [-0.05, 0) is 43.5 Å². The quantitative estimate of drug-likeness (QED) is 0.905. The number of rotatable bonds is 3. The molecule has 0 aliphatic heterocycles. The smallest absolute Gasteiger partial charge is 0.306 e. The maximum atomic E-state index is 12.2. The molecule has 2 atom stereocenters. The van der Waals surface area contributed by atoms with Crippen LogP contribution >= 0.6 is 0 Å². The van der Waals surface area contributed by atoms with Crippen LogP contribution in [0.3, 0.4) is 0 Å². The highest BCUT2D eigenvalue weighted by atomic mass is 16.4. The molecule has 1 aromatic carbocycles. The number of aliphatic carboxylic acids is 1. The van der Waals surface area contributed by atoms with E-state index in [1.807, 2.05) is 18.2 Å². The van der Waals surface area contributed by atoms with Gasteiger partial charge in [-0.15, -0.1) is 0 Å². The number of carbonyl (C=O) groups is 2. The van der Waals surface area contributed by atoms with E-state index in [4.69, 9.17) is 5.11 Å². The number of carboxylic acid groups (broad SMARTS) is 1. The molecule has 3 rings (SSSR count). The van der Waals surface area contributed by atoms with Crippen LogP contribution in [0.15, 0.2) is 36.5 Å². The lowest BCUT2D eigenvalue weighted by Gasteiger charge is -2.12. The predicted octanol–water partition coefficient (Wildman–Crippen LogP) is 2.22. The molecule has 0 radical (unpaired) electrons. The third-order valence-corrected chi connectivity index (χ3v) is 3.98. The van der Waals surface area contributed by atoms with Crippen molar-refractivity contribution in [3.63, 3.8) is 0 Å². The first-order chi connectivity index (χ1) is 10.1. The first-order valence-corrected chi connectivity index (χ1v) is 7.02. The first kappa shape index (κ1) is 13.5. The molecule has 1 aliphatic rings. The van der Waals surface area contributed by atoms with Crippen LogP contribution in [0.5, 0.6) is 0 Å². The number of aromatic nitrogens is 1. The van der Waals surface area contributed by atoms with Gasteiger partial charge in [-0.1, -0.05) is 6.07 Å². The number of nitrogens with zero attached hydrogens (tertiary/aromatic N) is 1. The predicted molar refractivity (Wildman–Crippen MR) is 78.0 cm³/mol. The van der Waals surface area contributed by atoms with Crippen LogP contribution in [0.2, 0.25) is 0 Å². The van der Waals surface area contributed by atoms with Crippen molar-refractivity contribution < 1.29 is 14.7 Å². The highest BCUT2D eigenvalue weighted by Crippen LogP contribution is 2.26. The maximum absolute atomic E-state index is 12.2. The summed E-state index contributed by atoms with van der Waals surface area (Å²) in [6, 6.07) is 9.06. The molecule has 5 heteroatoms. The molecule has 0 saturated heterocycles. The van der Waals surface area contributed by atoms with Gasteiger partial charge in [-0.2, -0.15) is 0 Å². The molecule has 21 heavy (non-hydrogen) atoms. The van der Waals surface area contributed by atoms with Gasteiger partial charge >= 0.3 is 5.97 Å².